The molecule has 0 aromatic carbocycles. The minimum absolute atomic E-state index is 0.0314. The minimum atomic E-state index is -3.85. The maximum atomic E-state index is 13.3. The van der Waals surface area contributed by atoms with E-state index in [0.29, 0.717) is 26.4 Å². The average molecular weight is 429 g/mol. The molecule has 0 saturated carbocycles. The maximum absolute atomic E-state index is 13.3. The lowest BCUT2D eigenvalue weighted by atomic mass is 10.2. The Hall–Kier alpha value is -1.79. The van der Waals surface area contributed by atoms with Gasteiger partial charge in [0.1, 0.15) is 10.7 Å². The molecule has 0 radical (unpaired) electrons. The number of pyridine rings is 1. The largest absolute Gasteiger partial charge is 0.465 e. The number of esters is 1. The molecule has 1 aromatic heterocycles. The van der Waals surface area contributed by atoms with Crippen LogP contribution in [0.15, 0.2) is 17.2 Å². The predicted molar refractivity (Wildman–Crippen MR) is 105 cm³/mol. The summed E-state index contributed by atoms with van der Waals surface area (Å²) >= 11 is 0. The molecule has 29 heavy (non-hydrogen) atoms. The number of carbonyl (C=O) groups is 1. The van der Waals surface area contributed by atoms with Crippen molar-refractivity contribution >= 4 is 21.8 Å². The van der Waals surface area contributed by atoms with Crippen LogP contribution in [0.25, 0.3) is 0 Å². The molecule has 2 aliphatic rings. The molecule has 1 aromatic rings. The van der Waals surface area contributed by atoms with Gasteiger partial charge in [-0.1, -0.05) is 0 Å². The number of anilines is 1. The summed E-state index contributed by atoms with van der Waals surface area (Å²) in [7, 11) is -2.60. The van der Waals surface area contributed by atoms with Gasteiger partial charge in [-0.25, -0.2) is 18.2 Å². The fourth-order valence-electron chi connectivity index (χ4n) is 3.36. The van der Waals surface area contributed by atoms with Gasteiger partial charge in [-0.2, -0.15) is 4.31 Å². The Morgan fingerprint density at radius 1 is 1.21 bits per heavy atom. The number of rotatable bonds is 7. The standard InChI is InChI=1S/C18H28N4O6S/c1-14(13-21-3-7-27-8-4-21)20-17-16(11-15(12-19-17)18(23)26-2)29(24,25)22-5-9-28-10-6-22/h11-12,14H,3-10,13H2,1-2H3,(H,19,20). The third-order valence-corrected chi connectivity index (χ3v) is 6.79. The van der Waals surface area contributed by atoms with E-state index in [-0.39, 0.29) is 35.4 Å². The predicted octanol–water partition coefficient (Wildman–Crippen LogP) is 0.0217. The number of hydrogen-bond donors (Lipinski definition) is 1. The first kappa shape index (κ1) is 21.9. The van der Waals surface area contributed by atoms with E-state index in [0.717, 1.165) is 19.6 Å². The van der Waals surface area contributed by atoms with Gasteiger partial charge < -0.3 is 19.5 Å². The van der Waals surface area contributed by atoms with E-state index in [1.54, 1.807) is 0 Å². The molecule has 10 nitrogen and oxygen atoms in total. The Labute approximate surface area is 171 Å². The van der Waals surface area contributed by atoms with Gasteiger partial charge in [0.05, 0.1) is 39.1 Å². The van der Waals surface area contributed by atoms with E-state index in [9.17, 15) is 13.2 Å². The molecule has 1 N–H and O–H groups in total. The second-order valence-electron chi connectivity index (χ2n) is 7.04. The first-order chi connectivity index (χ1) is 13.9. The van der Waals surface area contributed by atoms with Gasteiger partial charge in [0.15, 0.2) is 0 Å². The van der Waals surface area contributed by atoms with Crippen LogP contribution in [0.3, 0.4) is 0 Å². The summed E-state index contributed by atoms with van der Waals surface area (Å²) in [6, 6.07) is 1.27. The third-order valence-electron chi connectivity index (χ3n) is 4.88. The van der Waals surface area contributed by atoms with Gasteiger partial charge in [-0.3, -0.25) is 4.90 Å². The van der Waals surface area contributed by atoms with Gasteiger partial charge in [0.25, 0.3) is 0 Å². The number of methoxy groups -OCH3 is 1. The highest BCUT2D eigenvalue weighted by atomic mass is 32.2. The van der Waals surface area contributed by atoms with E-state index in [1.165, 1.54) is 23.7 Å². The number of nitrogens with one attached hydrogen (secondary N) is 1. The fraction of sp³-hybridized carbons (Fsp3) is 0.667. The summed E-state index contributed by atoms with van der Waals surface area (Å²) in [4.78, 5) is 18.4. The second kappa shape index (κ2) is 9.81. The summed E-state index contributed by atoms with van der Waals surface area (Å²) in [6.45, 7) is 6.92. The molecule has 1 atom stereocenters. The molecule has 3 heterocycles. The lowest BCUT2D eigenvalue weighted by Crippen LogP contribution is -2.43. The van der Waals surface area contributed by atoms with Crippen molar-refractivity contribution in [2.45, 2.75) is 17.9 Å². The van der Waals surface area contributed by atoms with Gasteiger partial charge >= 0.3 is 5.97 Å². The van der Waals surface area contributed by atoms with Crippen LogP contribution in [0.5, 0.6) is 0 Å². The molecule has 11 heteroatoms. The van der Waals surface area contributed by atoms with Gasteiger partial charge in [0, 0.05) is 45.0 Å². The van der Waals surface area contributed by atoms with Gasteiger partial charge in [-0.05, 0) is 13.0 Å². The van der Waals surface area contributed by atoms with Gasteiger partial charge in [0.2, 0.25) is 10.0 Å². The summed E-state index contributed by atoms with van der Waals surface area (Å²) < 4.78 is 43.2. The van der Waals surface area contributed by atoms with E-state index in [4.69, 9.17) is 14.2 Å². The summed E-state index contributed by atoms with van der Waals surface area (Å²) in [5, 5.41) is 3.20. The lowest BCUT2D eigenvalue weighted by Gasteiger charge is -2.30. The molecule has 2 fully saturated rings. The van der Waals surface area contributed by atoms with E-state index >= 15 is 0 Å². The number of ether oxygens (including phenoxy) is 3. The molecular weight excluding hydrogens is 400 g/mol. The quantitative estimate of drug-likeness (QED) is 0.601. The molecule has 0 amide bonds. The smallest absolute Gasteiger partial charge is 0.339 e. The molecule has 162 valence electrons. The number of aromatic nitrogens is 1. The normalized spacial score (nSPS) is 20.2. The van der Waals surface area contributed by atoms with Crippen molar-refractivity contribution in [1.29, 1.82) is 0 Å². The van der Waals surface area contributed by atoms with Crippen molar-refractivity contribution in [2.24, 2.45) is 0 Å². The molecule has 0 aliphatic carbocycles. The molecule has 0 spiro atoms. The van der Waals surface area contributed by atoms with Crippen molar-refractivity contribution in [3.63, 3.8) is 0 Å². The summed E-state index contributed by atoms with van der Waals surface area (Å²) in [6.07, 6.45) is 1.33. The average Bonchev–Trinajstić information content (AvgIpc) is 2.74. The molecule has 1 unspecified atom stereocenters. The van der Waals surface area contributed by atoms with Crippen LogP contribution in [0.2, 0.25) is 0 Å². The van der Waals surface area contributed by atoms with Crippen LogP contribution < -0.4 is 5.32 Å². The van der Waals surface area contributed by atoms with Crippen LogP contribution >= 0.6 is 0 Å². The monoisotopic (exact) mass is 428 g/mol. The van der Waals surface area contributed by atoms with E-state index in [1.807, 2.05) is 6.92 Å². The Bertz CT molecular complexity index is 807. The second-order valence-corrected chi connectivity index (χ2v) is 8.94. The Morgan fingerprint density at radius 2 is 1.83 bits per heavy atom. The molecule has 0 bridgehead atoms. The highest BCUT2D eigenvalue weighted by Crippen LogP contribution is 2.26. The van der Waals surface area contributed by atoms with Crippen molar-refractivity contribution < 1.29 is 27.4 Å². The SMILES string of the molecule is COC(=O)c1cnc(NC(C)CN2CCOCC2)c(S(=O)(=O)N2CCOCC2)c1. The Morgan fingerprint density at radius 3 is 2.45 bits per heavy atom. The highest BCUT2D eigenvalue weighted by molar-refractivity contribution is 7.89. The van der Waals surface area contributed by atoms with Crippen molar-refractivity contribution in [2.75, 3.05) is 71.6 Å². The first-order valence-corrected chi connectivity index (χ1v) is 11.1. The zero-order valence-corrected chi connectivity index (χ0v) is 17.6. The fourth-order valence-corrected chi connectivity index (χ4v) is 4.90. The van der Waals surface area contributed by atoms with Gasteiger partial charge in [-0.15, -0.1) is 0 Å². The van der Waals surface area contributed by atoms with Crippen LogP contribution in [-0.4, -0.2) is 101 Å². The van der Waals surface area contributed by atoms with Crippen LogP contribution in [0.4, 0.5) is 5.82 Å². The molecule has 2 aliphatic heterocycles. The number of nitrogens with zero attached hydrogens (tertiary/aromatic N) is 3. The van der Waals surface area contributed by atoms with E-state index < -0.39 is 16.0 Å². The summed E-state index contributed by atoms with van der Waals surface area (Å²) in [5.74, 6) is -0.409. The lowest BCUT2D eigenvalue weighted by molar-refractivity contribution is 0.0368. The number of carbonyl (C=O) groups excluding carboxylic acids is 1. The van der Waals surface area contributed by atoms with Crippen molar-refractivity contribution in [1.82, 2.24) is 14.2 Å². The molecular formula is C18H28N4O6S. The zero-order chi connectivity index (χ0) is 20.9. The number of morpholine rings is 2. The van der Waals surface area contributed by atoms with Crippen LogP contribution in [0.1, 0.15) is 17.3 Å². The van der Waals surface area contributed by atoms with Crippen LogP contribution in [-0.2, 0) is 24.2 Å². The van der Waals surface area contributed by atoms with Crippen molar-refractivity contribution in [3.8, 4) is 0 Å². The minimum Gasteiger partial charge on any atom is -0.465 e. The Balaban J connectivity index is 1.85. The summed E-state index contributed by atoms with van der Waals surface area (Å²) in [5.41, 5.74) is 0.0886. The Kier molecular flexibility index (Phi) is 7.41. The first-order valence-electron chi connectivity index (χ1n) is 9.64. The van der Waals surface area contributed by atoms with E-state index in [2.05, 4.69) is 15.2 Å². The maximum Gasteiger partial charge on any atom is 0.339 e. The molecule has 3 rings (SSSR count). The zero-order valence-electron chi connectivity index (χ0n) is 16.8. The number of hydrogen-bond acceptors (Lipinski definition) is 9. The van der Waals surface area contributed by atoms with Crippen LogP contribution in [0, 0.1) is 0 Å². The van der Waals surface area contributed by atoms with Crippen molar-refractivity contribution in [3.05, 3.63) is 17.8 Å². The number of sulfonamides is 1. The highest BCUT2D eigenvalue weighted by Gasteiger charge is 2.31. The third kappa shape index (κ3) is 5.43. The molecule has 2 saturated heterocycles. The topological polar surface area (TPSA) is 110 Å².